The SMILES string of the molecule is CC(C)(C)c1ccc(NC(=O)c2cccnc2NCc2ccc(F)cc2)cc1C1=CCNCC1. The molecular weight excluding hydrogens is 427 g/mol. The maximum absolute atomic E-state index is 13.2. The van der Waals surface area contributed by atoms with E-state index in [0.717, 1.165) is 30.8 Å². The molecule has 6 heteroatoms. The van der Waals surface area contributed by atoms with Crippen LogP contribution in [-0.2, 0) is 12.0 Å². The molecule has 5 nitrogen and oxygen atoms in total. The summed E-state index contributed by atoms with van der Waals surface area (Å²) in [5, 5.41) is 9.61. The molecule has 176 valence electrons. The van der Waals surface area contributed by atoms with Gasteiger partial charge in [0.2, 0.25) is 0 Å². The van der Waals surface area contributed by atoms with Gasteiger partial charge in [-0.15, -0.1) is 0 Å². The number of rotatable bonds is 6. The van der Waals surface area contributed by atoms with Crippen molar-refractivity contribution in [3.8, 4) is 0 Å². The quantitative estimate of drug-likeness (QED) is 0.439. The summed E-state index contributed by atoms with van der Waals surface area (Å²) >= 11 is 0. The van der Waals surface area contributed by atoms with Gasteiger partial charge in [-0.3, -0.25) is 4.79 Å². The van der Waals surface area contributed by atoms with Crippen LogP contribution in [0.4, 0.5) is 15.9 Å². The molecule has 3 N–H and O–H groups in total. The first kappa shape index (κ1) is 23.6. The second-order valence-electron chi connectivity index (χ2n) is 9.53. The van der Waals surface area contributed by atoms with E-state index in [1.807, 2.05) is 6.07 Å². The summed E-state index contributed by atoms with van der Waals surface area (Å²) in [6.07, 6.45) is 4.84. The molecule has 3 aromatic rings. The molecule has 4 rings (SSSR count). The normalized spacial score (nSPS) is 13.8. The van der Waals surface area contributed by atoms with E-state index in [1.54, 1.807) is 30.5 Å². The number of anilines is 2. The van der Waals surface area contributed by atoms with Crippen LogP contribution in [0.2, 0.25) is 0 Å². The fourth-order valence-corrected chi connectivity index (χ4v) is 4.12. The molecule has 0 aliphatic carbocycles. The standard InChI is InChI=1S/C28H31FN4O/c1-28(2,3)25-11-10-22(17-24(25)20-12-15-30-16-13-20)33-27(34)23-5-4-14-31-26(23)32-18-19-6-8-21(29)9-7-19/h4-12,14,17,30H,13,15-16,18H2,1-3H3,(H,31,32)(H,33,34). The maximum Gasteiger partial charge on any atom is 0.259 e. The van der Waals surface area contributed by atoms with Crippen LogP contribution < -0.4 is 16.0 Å². The number of halogens is 1. The summed E-state index contributed by atoms with van der Waals surface area (Å²) in [7, 11) is 0. The molecule has 0 spiro atoms. The van der Waals surface area contributed by atoms with Gasteiger partial charge in [-0.05, 0) is 77.0 Å². The lowest BCUT2D eigenvalue weighted by atomic mass is 9.80. The first-order valence-electron chi connectivity index (χ1n) is 11.6. The molecular formula is C28H31FN4O. The summed E-state index contributed by atoms with van der Waals surface area (Å²) in [5.74, 6) is -0.0286. The van der Waals surface area contributed by atoms with E-state index in [-0.39, 0.29) is 17.1 Å². The molecule has 0 unspecified atom stereocenters. The van der Waals surface area contributed by atoms with Crippen molar-refractivity contribution in [3.05, 3.63) is 94.9 Å². The van der Waals surface area contributed by atoms with E-state index in [9.17, 15) is 9.18 Å². The minimum absolute atomic E-state index is 0.00954. The number of pyridine rings is 1. The van der Waals surface area contributed by atoms with Gasteiger partial charge in [0.15, 0.2) is 0 Å². The number of carbonyl (C=O) groups excluding carboxylic acids is 1. The Balaban J connectivity index is 1.56. The van der Waals surface area contributed by atoms with Crippen LogP contribution in [0.15, 0.2) is 66.9 Å². The van der Waals surface area contributed by atoms with Gasteiger partial charge in [0.25, 0.3) is 5.91 Å². The van der Waals surface area contributed by atoms with Gasteiger partial charge in [0, 0.05) is 25.0 Å². The summed E-state index contributed by atoms with van der Waals surface area (Å²) in [4.78, 5) is 17.5. The van der Waals surface area contributed by atoms with Crippen LogP contribution in [0.1, 0.15) is 54.2 Å². The van der Waals surface area contributed by atoms with Crippen molar-refractivity contribution in [1.29, 1.82) is 0 Å². The first-order valence-corrected chi connectivity index (χ1v) is 11.6. The Morgan fingerprint density at radius 3 is 2.62 bits per heavy atom. The Morgan fingerprint density at radius 1 is 1.12 bits per heavy atom. The Hall–Kier alpha value is -3.51. The molecule has 0 saturated carbocycles. The fraction of sp³-hybridized carbons (Fsp3) is 0.286. The summed E-state index contributed by atoms with van der Waals surface area (Å²) < 4.78 is 13.2. The summed E-state index contributed by atoms with van der Waals surface area (Å²) in [6.45, 7) is 8.87. The highest BCUT2D eigenvalue weighted by atomic mass is 19.1. The average Bonchev–Trinajstić information content (AvgIpc) is 2.83. The van der Waals surface area contributed by atoms with Crippen LogP contribution in [0, 0.1) is 5.82 Å². The zero-order valence-corrected chi connectivity index (χ0v) is 19.9. The number of hydrogen-bond donors (Lipinski definition) is 3. The molecule has 0 bridgehead atoms. The van der Waals surface area contributed by atoms with E-state index in [4.69, 9.17) is 0 Å². The Kier molecular flexibility index (Phi) is 7.08. The largest absolute Gasteiger partial charge is 0.365 e. The number of aromatic nitrogens is 1. The molecule has 34 heavy (non-hydrogen) atoms. The number of benzene rings is 2. The Labute approximate surface area is 200 Å². The Morgan fingerprint density at radius 2 is 1.91 bits per heavy atom. The van der Waals surface area contributed by atoms with E-state index in [1.165, 1.54) is 28.8 Å². The summed E-state index contributed by atoms with van der Waals surface area (Å²) in [6, 6.07) is 15.9. The van der Waals surface area contributed by atoms with E-state index >= 15 is 0 Å². The van der Waals surface area contributed by atoms with Crippen LogP contribution in [0.25, 0.3) is 5.57 Å². The van der Waals surface area contributed by atoms with Crippen LogP contribution in [-0.4, -0.2) is 24.0 Å². The highest BCUT2D eigenvalue weighted by Crippen LogP contribution is 2.34. The highest BCUT2D eigenvalue weighted by Gasteiger charge is 2.22. The van der Waals surface area contributed by atoms with Crippen molar-refractivity contribution < 1.29 is 9.18 Å². The molecule has 1 aromatic heterocycles. The zero-order valence-electron chi connectivity index (χ0n) is 19.9. The molecule has 0 saturated heterocycles. The predicted molar refractivity (Wildman–Crippen MR) is 137 cm³/mol. The molecule has 1 amide bonds. The number of amides is 1. The summed E-state index contributed by atoms with van der Waals surface area (Å²) in [5.41, 5.74) is 5.85. The minimum atomic E-state index is -0.279. The van der Waals surface area contributed by atoms with Crippen LogP contribution >= 0.6 is 0 Å². The lowest BCUT2D eigenvalue weighted by Gasteiger charge is -2.26. The average molecular weight is 459 g/mol. The predicted octanol–water partition coefficient (Wildman–Crippen LogP) is 5.76. The van der Waals surface area contributed by atoms with Crippen molar-refractivity contribution in [1.82, 2.24) is 10.3 Å². The van der Waals surface area contributed by atoms with Crippen molar-refractivity contribution in [2.75, 3.05) is 23.7 Å². The topological polar surface area (TPSA) is 66.0 Å². The van der Waals surface area contributed by atoms with Crippen molar-refractivity contribution >= 4 is 23.0 Å². The molecule has 0 radical (unpaired) electrons. The van der Waals surface area contributed by atoms with E-state index in [0.29, 0.717) is 17.9 Å². The fourth-order valence-electron chi connectivity index (χ4n) is 4.12. The number of nitrogens with one attached hydrogen (secondary N) is 3. The second-order valence-corrected chi connectivity index (χ2v) is 9.53. The van der Waals surface area contributed by atoms with E-state index < -0.39 is 0 Å². The molecule has 2 heterocycles. The van der Waals surface area contributed by atoms with Crippen LogP contribution in [0.5, 0.6) is 0 Å². The number of hydrogen-bond acceptors (Lipinski definition) is 4. The molecule has 1 aliphatic heterocycles. The zero-order chi connectivity index (χ0) is 24.1. The third-order valence-electron chi connectivity index (χ3n) is 5.92. The molecule has 1 aliphatic rings. The lowest BCUT2D eigenvalue weighted by Crippen LogP contribution is -2.22. The lowest BCUT2D eigenvalue weighted by molar-refractivity contribution is 0.102. The minimum Gasteiger partial charge on any atom is -0.365 e. The maximum atomic E-state index is 13.2. The number of carbonyl (C=O) groups is 1. The van der Waals surface area contributed by atoms with Gasteiger partial charge < -0.3 is 16.0 Å². The van der Waals surface area contributed by atoms with Gasteiger partial charge in [-0.2, -0.15) is 0 Å². The van der Waals surface area contributed by atoms with Crippen molar-refractivity contribution in [3.63, 3.8) is 0 Å². The van der Waals surface area contributed by atoms with Gasteiger partial charge in [-0.1, -0.05) is 45.0 Å². The van der Waals surface area contributed by atoms with Gasteiger partial charge >= 0.3 is 0 Å². The highest BCUT2D eigenvalue weighted by molar-refractivity contribution is 6.07. The van der Waals surface area contributed by atoms with Gasteiger partial charge in [0.05, 0.1) is 5.56 Å². The smallest absolute Gasteiger partial charge is 0.259 e. The molecule has 0 atom stereocenters. The third kappa shape index (κ3) is 5.69. The second kappa shape index (κ2) is 10.2. The Bertz CT molecular complexity index is 1200. The monoisotopic (exact) mass is 458 g/mol. The number of nitrogens with zero attached hydrogens (tertiary/aromatic N) is 1. The molecule has 0 fully saturated rings. The first-order chi connectivity index (χ1) is 16.3. The van der Waals surface area contributed by atoms with Crippen LogP contribution in [0.3, 0.4) is 0 Å². The van der Waals surface area contributed by atoms with E-state index in [2.05, 4.69) is 59.9 Å². The van der Waals surface area contributed by atoms with Gasteiger partial charge in [0.1, 0.15) is 11.6 Å². The third-order valence-corrected chi connectivity index (χ3v) is 5.92. The van der Waals surface area contributed by atoms with Gasteiger partial charge in [-0.25, -0.2) is 9.37 Å². The van der Waals surface area contributed by atoms with Crippen molar-refractivity contribution in [2.24, 2.45) is 0 Å². The van der Waals surface area contributed by atoms with Crippen molar-refractivity contribution in [2.45, 2.75) is 39.2 Å². The molecule has 2 aromatic carbocycles.